The Labute approximate surface area is 169 Å². The average molecular weight is 385 g/mol. The molecule has 0 atom stereocenters. The minimum atomic E-state index is -0.405. The molecule has 0 amide bonds. The molecule has 5 nitrogen and oxygen atoms in total. The van der Waals surface area contributed by atoms with Crippen molar-refractivity contribution < 1.29 is 5.11 Å². The Morgan fingerprint density at radius 1 is 1.14 bits per heavy atom. The first kappa shape index (κ1) is 18.9. The molecule has 1 heterocycles. The summed E-state index contributed by atoms with van der Waals surface area (Å²) in [6.45, 7) is 1.69. The maximum absolute atomic E-state index is 12.8. The van der Waals surface area contributed by atoms with Gasteiger partial charge in [0, 0.05) is 12.3 Å². The second-order valence-corrected chi connectivity index (χ2v) is 7.61. The fourth-order valence-corrected chi connectivity index (χ4v) is 4.17. The molecule has 0 radical (unpaired) electrons. The van der Waals surface area contributed by atoms with E-state index < -0.39 is 5.56 Å². The fourth-order valence-electron chi connectivity index (χ4n) is 4.17. The van der Waals surface area contributed by atoms with Crippen molar-refractivity contribution in [2.45, 2.75) is 45.1 Å². The lowest BCUT2D eigenvalue weighted by Crippen LogP contribution is -2.30. The first-order chi connectivity index (χ1) is 14.1. The molecule has 146 valence electrons. The zero-order valence-electron chi connectivity index (χ0n) is 16.4. The second-order valence-electron chi connectivity index (χ2n) is 7.61. The summed E-state index contributed by atoms with van der Waals surface area (Å²) < 4.78 is 1.41. The van der Waals surface area contributed by atoms with E-state index in [0.29, 0.717) is 11.1 Å². The molecule has 0 bridgehead atoms. The summed E-state index contributed by atoms with van der Waals surface area (Å²) in [5.74, 6) is -0.0945. The third kappa shape index (κ3) is 3.54. The molecule has 0 spiro atoms. The van der Waals surface area contributed by atoms with Crippen LogP contribution in [0.25, 0.3) is 10.8 Å². The molecule has 4 rings (SSSR count). The quantitative estimate of drug-likeness (QED) is 0.634. The number of aromatic nitrogens is 1. The predicted octanol–water partition coefficient (Wildman–Crippen LogP) is 5.14. The Hall–Kier alpha value is -3.39. The summed E-state index contributed by atoms with van der Waals surface area (Å²) in [6, 6.07) is 15.9. The highest BCUT2D eigenvalue weighted by Gasteiger charge is 2.24. The van der Waals surface area contributed by atoms with Crippen LogP contribution >= 0.6 is 0 Å². The van der Waals surface area contributed by atoms with Gasteiger partial charge < -0.3 is 5.11 Å². The van der Waals surface area contributed by atoms with Crippen molar-refractivity contribution in [3.63, 3.8) is 0 Å². The number of pyridine rings is 1. The van der Waals surface area contributed by atoms with E-state index in [2.05, 4.69) is 4.99 Å². The summed E-state index contributed by atoms with van der Waals surface area (Å²) in [5.41, 5.74) is 1.31. The van der Waals surface area contributed by atoms with Crippen LogP contribution in [-0.4, -0.2) is 15.9 Å². The molecule has 2 aromatic carbocycles. The van der Waals surface area contributed by atoms with E-state index in [1.165, 1.54) is 4.57 Å². The zero-order chi connectivity index (χ0) is 20.4. The van der Waals surface area contributed by atoms with Gasteiger partial charge >= 0.3 is 0 Å². The van der Waals surface area contributed by atoms with Crippen molar-refractivity contribution in [1.82, 2.24) is 4.57 Å². The number of aromatic hydroxyl groups is 1. The van der Waals surface area contributed by atoms with Gasteiger partial charge in [-0.3, -0.25) is 14.4 Å². The lowest BCUT2D eigenvalue weighted by atomic mass is 9.94. The van der Waals surface area contributed by atoms with Crippen molar-refractivity contribution in [1.29, 1.82) is 5.26 Å². The SMILES string of the molecule is Cc1c(C=Nc2ccc3ccccc3c2)c(O)n(C2CCCCC2)c(=O)c1C#N. The van der Waals surface area contributed by atoms with Crippen molar-refractivity contribution in [2.24, 2.45) is 4.99 Å². The number of fused-ring (bicyclic) bond motifs is 1. The maximum atomic E-state index is 12.8. The van der Waals surface area contributed by atoms with E-state index in [4.69, 9.17) is 0 Å². The summed E-state index contributed by atoms with van der Waals surface area (Å²) in [7, 11) is 0. The monoisotopic (exact) mass is 385 g/mol. The molecular formula is C24H23N3O2. The Morgan fingerprint density at radius 2 is 1.86 bits per heavy atom. The standard InChI is InChI=1S/C24H23N3O2/c1-16-21(14-25)23(28)27(20-9-3-2-4-10-20)24(29)22(16)15-26-19-12-11-17-7-5-6-8-18(17)13-19/h5-8,11-13,15,20,29H,2-4,9-10H2,1H3. The Kier molecular flexibility index (Phi) is 5.18. The molecule has 3 aromatic rings. The predicted molar refractivity (Wildman–Crippen MR) is 115 cm³/mol. The van der Waals surface area contributed by atoms with Gasteiger partial charge in [-0.15, -0.1) is 0 Å². The van der Waals surface area contributed by atoms with E-state index in [0.717, 1.165) is 48.6 Å². The number of aliphatic imine (C=N–C) groups is 1. The lowest BCUT2D eigenvalue weighted by molar-refractivity contribution is 0.303. The fraction of sp³-hybridized carbons (Fsp3) is 0.292. The highest BCUT2D eigenvalue weighted by atomic mass is 16.3. The van der Waals surface area contributed by atoms with Crippen LogP contribution < -0.4 is 5.56 Å². The van der Waals surface area contributed by atoms with Gasteiger partial charge in [0.1, 0.15) is 11.6 Å². The van der Waals surface area contributed by atoms with Gasteiger partial charge in [0.25, 0.3) is 5.56 Å². The first-order valence-electron chi connectivity index (χ1n) is 10.0. The van der Waals surface area contributed by atoms with Gasteiger partial charge in [-0.1, -0.05) is 49.6 Å². The zero-order valence-corrected chi connectivity index (χ0v) is 16.4. The van der Waals surface area contributed by atoms with E-state index in [-0.39, 0.29) is 17.5 Å². The van der Waals surface area contributed by atoms with Crippen LogP contribution in [0.15, 0.2) is 52.3 Å². The van der Waals surface area contributed by atoms with Gasteiger partial charge in [-0.05, 0) is 48.2 Å². The van der Waals surface area contributed by atoms with E-state index >= 15 is 0 Å². The molecule has 29 heavy (non-hydrogen) atoms. The van der Waals surface area contributed by atoms with Gasteiger partial charge in [0.2, 0.25) is 5.88 Å². The number of nitriles is 1. The minimum absolute atomic E-state index is 0.0724. The number of hydrogen-bond acceptors (Lipinski definition) is 4. The molecule has 5 heteroatoms. The normalized spacial score (nSPS) is 15.0. The summed E-state index contributed by atoms with van der Waals surface area (Å²) in [6.07, 6.45) is 6.42. The Bertz CT molecular complexity index is 1200. The van der Waals surface area contributed by atoms with Gasteiger partial charge in [-0.25, -0.2) is 0 Å². The van der Waals surface area contributed by atoms with Crippen LogP contribution in [0.1, 0.15) is 54.8 Å². The highest BCUT2D eigenvalue weighted by molar-refractivity contribution is 5.90. The van der Waals surface area contributed by atoms with Crippen molar-refractivity contribution >= 4 is 22.7 Å². The molecule has 1 aromatic heterocycles. The summed E-state index contributed by atoms with van der Waals surface area (Å²) in [5, 5.41) is 22.7. The summed E-state index contributed by atoms with van der Waals surface area (Å²) >= 11 is 0. The molecular weight excluding hydrogens is 362 g/mol. The smallest absolute Gasteiger partial charge is 0.271 e. The van der Waals surface area contributed by atoms with E-state index in [9.17, 15) is 15.2 Å². The van der Waals surface area contributed by atoms with Crippen LogP contribution in [0.2, 0.25) is 0 Å². The number of rotatable bonds is 3. The maximum Gasteiger partial charge on any atom is 0.271 e. The molecule has 1 N–H and O–H groups in total. The lowest BCUT2D eigenvalue weighted by Gasteiger charge is -2.26. The number of hydrogen-bond donors (Lipinski definition) is 1. The third-order valence-electron chi connectivity index (χ3n) is 5.81. The van der Waals surface area contributed by atoms with Gasteiger partial charge in [-0.2, -0.15) is 5.26 Å². The third-order valence-corrected chi connectivity index (χ3v) is 5.81. The molecule has 1 aliphatic carbocycles. The van der Waals surface area contributed by atoms with Crippen LogP contribution in [0.3, 0.4) is 0 Å². The van der Waals surface area contributed by atoms with Gasteiger partial charge in [0.15, 0.2) is 0 Å². The highest BCUT2D eigenvalue weighted by Crippen LogP contribution is 2.32. The van der Waals surface area contributed by atoms with Gasteiger partial charge in [0.05, 0.1) is 11.3 Å². The summed E-state index contributed by atoms with van der Waals surface area (Å²) in [4.78, 5) is 17.4. The van der Waals surface area contributed by atoms with E-state index in [1.807, 2.05) is 48.5 Å². The second kappa shape index (κ2) is 7.92. The Balaban J connectivity index is 1.80. The molecule has 0 unspecified atom stereocenters. The molecule has 0 saturated heterocycles. The molecule has 0 aliphatic heterocycles. The largest absolute Gasteiger partial charge is 0.494 e. The van der Waals surface area contributed by atoms with Crippen molar-refractivity contribution in [3.8, 4) is 11.9 Å². The van der Waals surface area contributed by atoms with Crippen LogP contribution in [0.5, 0.6) is 5.88 Å². The number of nitrogens with zero attached hydrogens (tertiary/aromatic N) is 3. The van der Waals surface area contributed by atoms with Crippen LogP contribution in [0, 0.1) is 18.3 Å². The van der Waals surface area contributed by atoms with E-state index in [1.54, 1.807) is 13.1 Å². The first-order valence-corrected chi connectivity index (χ1v) is 10.0. The van der Waals surface area contributed by atoms with Crippen molar-refractivity contribution in [2.75, 3.05) is 0 Å². The van der Waals surface area contributed by atoms with Crippen LogP contribution in [-0.2, 0) is 0 Å². The average Bonchev–Trinajstić information content (AvgIpc) is 2.74. The molecule has 1 aliphatic rings. The van der Waals surface area contributed by atoms with Crippen molar-refractivity contribution in [3.05, 3.63) is 69.5 Å². The molecule has 1 fully saturated rings. The minimum Gasteiger partial charge on any atom is -0.494 e. The number of benzene rings is 2. The topological polar surface area (TPSA) is 78.4 Å². The molecule has 1 saturated carbocycles. The van der Waals surface area contributed by atoms with Crippen LogP contribution in [0.4, 0.5) is 5.69 Å². The Morgan fingerprint density at radius 3 is 2.59 bits per heavy atom.